The number of hydrogen-bond donors (Lipinski definition) is 1. The van der Waals surface area contributed by atoms with E-state index in [9.17, 15) is 4.39 Å². The van der Waals surface area contributed by atoms with Gasteiger partial charge >= 0.3 is 0 Å². The molecule has 1 aromatic rings. The maximum Gasteiger partial charge on any atom is 0.126 e. The van der Waals surface area contributed by atoms with Crippen LogP contribution >= 0.6 is 0 Å². The number of nitrogens with two attached hydrogens (primary N) is 1. The number of nitriles is 1. The third-order valence-electron chi connectivity index (χ3n) is 2.61. The van der Waals surface area contributed by atoms with Gasteiger partial charge in [-0.2, -0.15) is 5.26 Å². The van der Waals surface area contributed by atoms with E-state index in [1.165, 1.54) is 6.07 Å². The van der Waals surface area contributed by atoms with Crippen LogP contribution in [0, 0.1) is 30.0 Å². The molecule has 0 aliphatic carbocycles. The molecule has 0 amide bonds. The summed E-state index contributed by atoms with van der Waals surface area (Å²) < 4.78 is 13.0. The maximum absolute atomic E-state index is 13.0. The van der Waals surface area contributed by atoms with Crippen molar-refractivity contribution >= 4 is 0 Å². The van der Waals surface area contributed by atoms with Crippen LogP contribution in [0.1, 0.15) is 30.5 Å². The fourth-order valence-electron chi connectivity index (χ4n) is 1.53. The van der Waals surface area contributed by atoms with Gasteiger partial charge in [-0.1, -0.05) is 19.1 Å². The molecular formula is C12H15FN2. The molecule has 0 aliphatic heterocycles. The molecule has 80 valence electrons. The minimum absolute atomic E-state index is 0.213. The summed E-state index contributed by atoms with van der Waals surface area (Å²) in [5.74, 6) is -0.453. The van der Waals surface area contributed by atoms with E-state index in [1.54, 1.807) is 19.1 Å². The Balaban J connectivity index is 2.97. The standard InChI is InChI=1S/C12H15FN2/c1-3-9(7-14)12(15)10-4-5-11(13)8(2)6-10/h4-6,9,12H,3,15H2,1-2H3. The van der Waals surface area contributed by atoms with Crippen LogP contribution in [0.15, 0.2) is 18.2 Å². The van der Waals surface area contributed by atoms with Crippen molar-refractivity contribution in [2.45, 2.75) is 26.3 Å². The zero-order valence-corrected chi connectivity index (χ0v) is 9.00. The Bertz CT molecular complexity index is 382. The molecule has 0 saturated carbocycles. The Hall–Kier alpha value is -1.40. The summed E-state index contributed by atoms with van der Waals surface area (Å²) in [5.41, 5.74) is 7.32. The molecule has 15 heavy (non-hydrogen) atoms. The Labute approximate surface area is 89.5 Å². The molecule has 0 fully saturated rings. The zero-order valence-electron chi connectivity index (χ0n) is 9.00. The normalized spacial score (nSPS) is 14.3. The second-order valence-corrected chi connectivity index (χ2v) is 3.68. The lowest BCUT2D eigenvalue weighted by Gasteiger charge is -2.16. The number of benzene rings is 1. The van der Waals surface area contributed by atoms with Crippen molar-refractivity contribution in [2.24, 2.45) is 11.7 Å². The van der Waals surface area contributed by atoms with E-state index in [1.807, 2.05) is 6.92 Å². The lowest BCUT2D eigenvalue weighted by Crippen LogP contribution is -2.19. The highest BCUT2D eigenvalue weighted by Crippen LogP contribution is 2.23. The van der Waals surface area contributed by atoms with Crippen molar-refractivity contribution in [3.8, 4) is 6.07 Å². The summed E-state index contributed by atoms with van der Waals surface area (Å²) in [5, 5.41) is 8.88. The van der Waals surface area contributed by atoms with E-state index in [2.05, 4.69) is 6.07 Å². The highest BCUT2D eigenvalue weighted by Gasteiger charge is 2.17. The van der Waals surface area contributed by atoms with Gasteiger partial charge in [0.2, 0.25) is 0 Å². The van der Waals surface area contributed by atoms with Gasteiger partial charge in [-0.05, 0) is 30.5 Å². The lowest BCUT2D eigenvalue weighted by atomic mass is 9.92. The van der Waals surface area contributed by atoms with Gasteiger partial charge in [-0.25, -0.2) is 4.39 Å². The van der Waals surface area contributed by atoms with E-state index in [0.717, 1.165) is 5.56 Å². The topological polar surface area (TPSA) is 49.8 Å². The van der Waals surface area contributed by atoms with Gasteiger partial charge in [0.05, 0.1) is 12.0 Å². The molecule has 2 unspecified atom stereocenters. The first-order valence-corrected chi connectivity index (χ1v) is 5.01. The number of aryl methyl sites for hydroxylation is 1. The fraction of sp³-hybridized carbons (Fsp3) is 0.417. The van der Waals surface area contributed by atoms with Crippen molar-refractivity contribution in [1.29, 1.82) is 5.26 Å². The van der Waals surface area contributed by atoms with Crippen molar-refractivity contribution in [1.82, 2.24) is 0 Å². The minimum atomic E-state index is -0.334. The molecule has 1 aromatic carbocycles. The molecule has 0 saturated heterocycles. The maximum atomic E-state index is 13.0. The molecule has 1 rings (SSSR count). The van der Waals surface area contributed by atoms with Gasteiger partial charge in [0, 0.05) is 6.04 Å². The summed E-state index contributed by atoms with van der Waals surface area (Å²) in [6.07, 6.45) is 0.702. The van der Waals surface area contributed by atoms with Crippen LogP contribution in [0.3, 0.4) is 0 Å². The molecule has 2 nitrogen and oxygen atoms in total. The first-order valence-electron chi connectivity index (χ1n) is 5.01. The van der Waals surface area contributed by atoms with Gasteiger partial charge in [-0.15, -0.1) is 0 Å². The molecule has 2 N–H and O–H groups in total. The molecule has 0 heterocycles. The Morgan fingerprint density at radius 3 is 2.67 bits per heavy atom. The number of hydrogen-bond acceptors (Lipinski definition) is 2. The quantitative estimate of drug-likeness (QED) is 0.826. The second-order valence-electron chi connectivity index (χ2n) is 3.68. The molecule has 0 aliphatic rings. The number of nitrogens with zero attached hydrogens (tertiary/aromatic N) is 1. The summed E-state index contributed by atoms with van der Waals surface area (Å²) in [6, 6.07) is 6.58. The van der Waals surface area contributed by atoms with Gasteiger partial charge in [-0.3, -0.25) is 0 Å². The van der Waals surface area contributed by atoms with Gasteiger partial charge in [0.1, 0.15) is 5.82 Å². The first-order chi connectivity index (χ1) is 7.10. The molecular weight excluding hydrogens is 191 g/mol. The van der Waals surface area contributed by atoms with Gasteiger partial charge in [0.15, 0.2) is 0 Å². The van der Waals surface area contributed by atoms with E-state index >= 15 is 0 Å². The van der Waals surface area contributed by atoms with Crippen LogP contribution in [-0.4, -0.2) is 0 Å². The van der Waals surface area contributed by atoms with Crippen LogP contribution in [0.5, 0.6) is 0 Å². The molecule has 2 atom stereocenters. The molecule has 0 bridgehead atoms. The van der Waals surface area contributed by atoms with Crippen molar-refractivity contribution in [3.63, 3.8) is 0 Å². The van der Waals surface area contributed by atoms with Crippen molar-refractivity contribution in [2.75, 3.05) is 0 Å². The van der Waals surface area contributed by atoms with Crippen molar-refractivity contribution < 1.29 is 4.39 Å². The zero-order chi connectivity index (χ0) is 11.4. The SMILES string of the molecule is CCC(C#N)C(N)c1ccc(F)c(C)c1. The Morgan fingerprint density at radius 1 is 1.53 bits per heavy atom. The summed E-state index contributed by atoms with van der Waals surface area (Å²) in [6.45, 7) is 3.61. The third kappa shape index (κ3) is 2.54. The largest absolute Gasteiger partial charge is 0.323 e. The van der Waals surface area contributed by atoms with Crippen LogP contribution in [0.2, 0.25) is 0 Å². The second kappa shape index (κ2) is 4.90. The van der Waals surface area contributed by atoms with E-state index < -0.39 is 0 Å². The average Bonchev–Trinajstić information content (AvgIpc) is 2.23. The van der Waals surface area contributed by atoms with Gasteiger partial charge in [0.25, 0.3) is 0 Å². The monoisotopic (exact) mass is 206 g/mol. The predicted molar refractivity (Wildman–Crippen MR) is 57.5 cm³/mol. The Morgan fingerprint density at radius 2 is 2.20 bits per heavy atom. The fourth-order valence-corrected chi connectivity index (χ4v) is 1.53. The van der Waals surface area contributed by atoms with Crippen LogP contribution < -0.4 is 5.73 Å². The summed E-state index contributed by atoms with van der Waals surface area (Å²) in [7, 11) is 0. The predicted octanol–water partition coefficient (Wildman–Crippen LogP) is 2.68. The van der Waals surface area contributed by atoms with Crippen molar-refractivity contribution in [3.05, 3.63) is 35.1 Å². The molecule has 0 spiro atoms. The lowest BCUT2D eigenvalue weighted by molar-refractivity contribution is 0.516. The van der Waals surface area contributed by atoms with Crippen LogP contribution in [-0.2, 0) is 0 Å². The molecule has 0 aromatic heterocycles. The summed E-state index contributed by atoms with van der Waals surface area (Å²) >= 11 is 0. The highest BCUT2D eigenvalue weighted by atomic mass is 19.1. The van der Waals surface area contributed by atoms with Crippen LogP contribution in [0.4, 0.5) is 4.39 Å². The minimum Gasteiger partial charge on any atom is -0.323 e. The number of halogens is 1. The van der Waals surface area contributed by atoms with E-state index in [-0.39, 0.29) is 17.8 Å². The first kappa shape index (κ1) is 11.7. The Kier molecular flexibility index (Phi) is 3.81. The van der Waals surface area contributed by atoms with Crippen LogP contribution in [0.25, 0.3) is 0 Å². The molecule has 3 heteroatoms. The smallest absolute Gasteiger partial charge is 0.126 e. The molecule has 0 radical (unpaired) electrons. The average molecular weight is 206 g/mol. The van der Waals surface area contributed by atoms with Gasteiger partial charge < -0.3 is 5.73 Å². The number of rotatable bonds is 3. The third-order valence-corrected chi connectivity index (χ3v) is 2.61. The van der Waals surface area contributed by atoms with E-state index in [0.29, 0.717) is 12.0 Å². The summed E-state index contributed by atoms with van der Waals surface area (Å²) in [4.78, 5) is 0. The highest BCUT2D eigenvalue weighted by molar-refractivity contribution is 5.27. The van der Waals surface area contributed by atoms with E-state index in [4.69, 9.17) is 11.0 Å².